The number of benzene rings is 3. The molecule has 2 amide bonds. The number of hydrogen-bond donors (Lipinski definition) is 2. The Morgan fingerprint density at radius 2 is 1.62 bits per heavy atom. The van der Waals surface area contributed by atoms with E-state index in [2.05, 4.69) is 15.7 Å². The Morgan fingerprint density at radius 3 is 2.35 bits per heavy atom. The average molecular weight is 499 g/mol. The van der Waals surface area contributed by atoms with E-state index in [1.165, 1.54) is 7.11 Å². The lowest BCUT2D eigenvalue weighted by molar-refractivity contribution is -0.146. The van der Waals surface area contributed by atoms with Gasteiger partial charge in [0.25, 0.3) is 11.8 Å². The van der Waals surface area contributed by atoms with Crippen LogP contribution in [0, 0.1) is 6.92 Å². The van der Waals surface area contributed by atoms with Gasteiger partial charge in [0.15, 0.2) is 6.61 Å². The average Bonchev–Trinajstić information content (AvgIpc) is 3.34. The second-order valence-corrected chi connectivity index (χ2v) is 8.12. The van der Waals surface area contributed by atoms with Crippen LogP contribution in [0.2, 0.25) is 0 Å². The SMILES string of the molecule is COc1ccccc1C(=O)NCC(=O)OCC(=O)Nc1cc(-c2ccc(C)cc2)nn1-c1ccccc1. The fourth-order valence-electron chi connectivity index (χ4n) is 3.56. The molecule has 0 aliphatic carbocycles. The first-order chi connectivity index (χ1) is 17.9. The van der Waals surface area contributed by atoms with Crippen LogP contribution >= 0.6 is 0 Å². The molecular weight excluding hydrogens is 472 g/mol. The fourth-order valence-corrected chi connectivity index (χ4v) is 3.56. The van der Waals surface area contributed by atoms with E-state index in [4.69, 9.17) is 9.47 Å². The number of hydrogen-bond acceptors (Lipinski definition) is 6. The molecule has 0 radical (unpaired) electrons. The summed E-state index contributed by atoms with van der Waals surface area (Å²) in [7, 11) is 1.45. The van der Waals surface area contributed by atoms with Crippen molar-refractivity contribution in [2.24, 2.45) is 0 Å². The minimum Gasteiger partial charge on any atom is -0.496 e. The van der Waals surface area contributed by atoms with Gasteiger partial charge in [-0.1, -0.05) is 60.2 Å². The van der Waals surface area contributed by atoms with E-state index in [1.807, 2.05) is 61.5 Å². The number of carbonyl (C=O) groups excluding carboxylic acids is 3. The van der Waals surface area contributed by atoms with Crippen LogP contribution in [0.3, 0.4) is 0 Å². The van der Waals surface area contributed by atoms with Crippen molar-refractivity contribution in [3.8, 4) is 22.7 Å². The van der Waals surface area contributed by atoms with Crippen molar-refractivity contribution in [3.05, 3.63) is 96.1 Å². The van der Waals surface area contributed by atoms with Crippen molar-refractivity contribution in [1.82, 2.24) is 15.1 Å². The van der Waals surface area contributed by atoms with Gasteiger partial charge in [-0.2, -0.15) is 5.10 Å². The molecule has 0 saturated heterocycles. The first-order valence-corrected chi connectivity index (χ1v) is 11.5. The van der Waals surface area contributed by atoms with Gasteiger partial charge in [-0.3, -0.25) is 14.4 Å². The van der Waals surface area contributed by atoms with Gasteiger partial charge >= 0.3 is 5.97 Å². The van der Waals surface area contributed by atoms with E-state index in [1.54, 1.807) is 35.0 Å². The highest BCUT2D eigenvalue weighted by molar-refractivity contribution is 5.98. The lowest BCUT2D eigenvalue weighted by Crippen LogP contribution is -2.32. The van der Waals surface area contributed by atoms with Crippen molar-refractivity contribution < 1.29 is 23.9 Å². The van der Waals surface area contributed by atoms with Crippen LogP contribution in [-0.2, 0) is 14.3 Å². The van der Waals surface area contributed by atoms with E-state index in [0.29, 0.717) is 17.3 Å². The van der Waals surface area contributed by atoms with Gasteiger partial charge in [0, 0.05) is 11.6 Å². The van der Waals surface area contributed by atoms with E-state index in [0.717, 1.165) is 16.8 Å². The Balaban J connectivity index is 1.38. The molecule has 1 aromatic heterocycles. The zero-order valence-corrected chi connectivity index (χ0v) is 20.4. The lowest BCUT2D eigenvalue weighted by atomic mass is 10.1. The summed E-state index contributed by atoms with van der Waals surface area (Å²) in [6.45, 7) is 1.08. The van der Waals surface area contributed by atoms with Crippen molar-refractivity contribution in [2.75, 3.05) is 25.6 Å². The smallest absolute Gasteiger partial charge is 0.325 e. The number of carbonyl (C=O) groups is 3. The number of ether oxygens (including phenoxy) is 2. The first-order valence-electron chi connectivity index (χ1n) is 11.5. The van der Waals surface area contributed by atoms with Gasteiger partial charge < -0.3 is 20.1 Å². The van der Waals surface area contributed by atoms with Crippen LogP contribution < -0.4 is 15.4 Å². The maximum Gasteiger partial charge on any atom is 0.325 e. The van der Waals surface area contributed by atoms with Crippen LogP contribution in [0.1, 0.15) is 15.9 Å². The summed E-state index contributed by atoms with van der Waals surface area (Å²) in [6, 6.07) is 25.6. The Hall–Kier alpha value is -4.92. The Kier molecular flexibility index (Phi) is 7.95. The number of aryl methyl sites for hydroxylation is 1. The molecule has 0 unspecified atom stereocenters. The Morgan fingerprint density at radius 1 is 0.919 bits per heavy atom. The minimum absolute atomic E-state index is 0.286. The number of para-hydroxylation sites is 2. The van der Waals surface area contributed by atoms with Gasteiger partial charge in [0.1, 0.15) is 18.1 Å². The molecule has 0 atom stereocenters. The van der Waals surface area contributed by atoms with Gasteiger partial charge in [-0.05, 0) is 31.2 Å². The Labute approximate surface area is 214 Å². The van der Waals surface area contributed by atoms with Gasteiger partial charge in [0.2, 0.25) is 0 Å². The number of esters is 1. The zero-order valence-electron chi connectivity index (χ0n) is 20.4. The normalized spacial score (nSPS) is 10.4. The number of anilines is 1. The summed E-state index contributed by atoms with van der Waals surface area (Å²) < 4.78 is 11.8. The third kappa shape index (κ3) is 6.40. The molecule has 1 heterocycles. The van der Waals surface area contributed by atoms with E-state index < -0.39 is 30.9 Å². The molecule has 188 valence electrons. The van der Waals surface area contributed by atoms with Crippen molar-refractivity contribution in [1.29, 1.82) is 0 Å². The number of nitrogens with zero attached hydrogens (tertiary/aromatic N) is 2. The fraction of sp³-hybridized carbons (Fsp3) is 0.143. The van der Waals surface area contributed by atoms with Gasteiger partial charge in [-0.25, -0.2) is 4.68 Å². The molecule has 0 bridgehead atoms. The summed E-state index contributed by atoms with van der Waals surface area (Å²) in [5.41, 5.74) is 3.74. The molecule has 0 saturated carbocycles. The molecule has 0 aliphatic rings. The number of aromatic nitrogens is 2. The quantitative estimate of drug-likeness (QED) is 0.340. The van der Waals surface area contributed by atoms with Crippen molar-refractivity contribution >= 4 is 23.6 Å². The summed E-state index contributed by atoms with van der Waals surface area (Å²) in [6.07, 6.45) is 0. The monoisotopic (exact) mass is 498 g/mol. The second kappa shape index (κ2) is 11.7. The summed E-state index contributed by atoms with van der Waals surface area (Å²) in [5, 5.41) is 9.87. The van der Waals surface area contributed by atoms with Gasteiger partial charge in [0.05, 0.1) is 24.1 Å². The first kappa shape index (κ1) is 25.2. The predicted octanol–water partition coefficient (Wildman–Crippen LogP) is 3.77. The predicted molar refractivity (Wildman–Crippen MR) is 139 cm³/mol. The zero-order chi connectivity index (χ0) is 26.2. The second-order valence-electron chi connectivity index (χ2n) is 8.12. The molecular formula is C28H26N4O5. The molecule has 2 N–H and O–H groups in total. The molecule has 4 rings (SSSR count). The highest BCUT2D eigenvalue weighted by atomic mass is 16.5. The third-order valence-corrected chi connectivity index (χ3v) is 5.43. The van der Waals surface area contributed by atoms with Crippen LogP contribution in [-0.4, -0.2) is 47.8 Å². The van der Waals surface area contributed by atoms with E-state index in [9.17, 15) is 14.4 Å². The van der Waals surface area contributed by atoms with Crippen LogP contribution in [0.25, 0.3) is 16.9 Å². The molecule has 37 heavy (non-hydrogen) atoms. The van der Waals surface area contributed by atoms with Crippen LogP contribution in [0.15, 0.2) is 84.9 Å². The van der Waals surface area contributed by atoms with Crippen LogP contribution in [0.4, 0.5) is 5.82 Å². The summed E-state index contributed by atoms with van der Waals surface area (Å²) in [5.74, 6) is -0.985. The van der Waals surface area contributed by atoms with E-state index in [-0.39, 0.29) is 5.56 Å². The molecule has 0 fully saturated rings. The molecule has 0 aliphatic heterocycles. The number of methoxy groups -OCH3 is 1. The minimum atomic E-state index is -0.754. The van der Waals surface area contributed by atoms with Crippen molar-refractivity contribution in [2.45, 2.75) is 6.92 Å². The third-order valence-electron chi connectivity index (χ3n) is 5.43. The number of rotatable bonds is 9. The number of nitrogens with one attached hydrogen (secondary N) is 2. The molecule has 9 heteroatoms. The largest absolute Gasteiger partial charge is 0.496 e. The molecule has 9 nitrogen and oxygen atoms in total. The van der Waals surface area contributed by atoms with Crippen molar-refractivity contribution in [3.63, 3.8) is 0 Å². The highest BCUT2D eigenvalue weighted by Gasteiger charge is 2.16. The van der Waals surface area contributed by atoms with Crippen LogP contribution in [0.5, 0.6) is 5.75 Å². The Bertz CT molecular complexity index is 1400. The molecule has 0 spiro atoms. The summed E-state index contributed by atoms with van der Waals surface area (Å²) in [4.78, 5) is 37.1. The molecule has 3 aromatic carbocycles. The van der Waals surface area contributed by atoms with Gasteiger partial charge in [-0.15, -0.1) is 0 Å². The highest BCUT2D eigenvalue weighted by Crippen LogP contribution is 2.25. The van der Waals surface area contributed by atoms with E-state index >= 15 is 0 Å². The lowest BCUT2D eigenvalue weighted by Gasteiger charge is -2.10. The molecule has 4 aromatic rings. The summed E-state index contributed by atoms with van der Waals surface area (Å²) >= 11 is 0. The topological polar surface area (TPSA) is 112 Å². The maximum absolute atomic E-state index is 12.6. The maximum atomic E-state index is 12.6. The standard InChI is InChI=1S/C28H26N4O5/c1-19-12-14-20(15-13-19)23-16-25(32(31-23)21-8-4-3-5-9-21)30-26(33)18-37-27(34)17-29-28(35)22-10-6-7-11-24(22)36-2/h3-16H,17-18H2,1-2H3,(H,29,35)(H,30,33). The number of amides is 2.